The molecule has 1 N–H and O–H groups in total. The van der Waals surface area contributed by atoms with E-state index in [9.17, 15) is 4.79 Å². The molecule has 24 heavy (non-hydrogen) atoms. The average molecular weight is 324 g/mol. The van der Waals surface area contributed by atoms with Gasteiger partial charge in [-0.3, -0.25) is 0 Å². The van der Waals surface area contributed by atoms with Gasteiger partial charge < -0.3 is 14.4 Å². The van der Waals surface area contributed by atoms with Crippen molar-refractivity contribution in [2.75, 3.05) is 6.61 Å². The van der Waals surface area contributed by atoms with Crippen molar-refractivity contribution in [1.29, 1.82) is 0 Å². The highest BCUT2D eigenvalue weighted by molar-refractivity contribution is 5.87. The van der Waals surface area contributed by atoms with Crippen LogP contribution in [-0.2, 0) is 6.54 Å². The van der Waals surface area contributed by atoms with Gasteiger partial charge in [-0.05, 0) is 36.4 Å². The zero-order valence-corrected chi connectivity index (χ0v) is 13.8. The van der Waals surface area contributed by atoms with Gasteiger partial charge in [0.05, 0.1) is 23.1 Å². The number of hydrogen-bond acceptors (Lipinski definition) is 3. The highest BCUT2D eigenvalue weighted by Gasteiger charge is 2.13. The number of aromatic carboxylic acids is 1. The number of carboxylic acids is 1. The molecule has 3 aromatic rings. The van der Waals surface area contributed by atoms with Crippen molar-refractivity contribution in [3.8, 4) is 5.75 Å². The van der Waals surface area contributed by atoms with Gasteiger partial charge in [-0.25, -0.2) is 9.78 Å². The summed E-state index contributed by atoms with van der Waals surface area (Å²) in [5.41, 5.74) is 2.35. The molecule has 5 nitrogen and oxygen atoms in total. The third kappa shape index (κ3) is 3.25. The minimum atomic E-state index is -0.937. The fraction of sp³-hybridized carbons (Fsp3) is 0.263. The maximum Gasteiger partial charge on any atom is 0.335 e. The Balaban J connectivity index is 1.73. The van der Waals surface area contributed by atoms with Crippen molar-refractivity contribution in [3.63, 3.8) is 0 Å². The van der Waals surface area contributed by atoms with Gasteiger partial charge in [0, 0.05) is 5.92 Å². The van der Waals surface area contributed by atoms with E-state index >= 15 is 0 Å². The first kappa shape index (κ1) is 16.1. The Hall–Kier alpha value is -2.82. The van der Waals surface area contributed by atoms with Crippen molar-refractivity contribution in [3.05, 3.63) is 59.9 Å². The molecule has 2 aromatic carbocycles. The van der Waals surface area contributed by atoms with Crippen molar-refractivity contribution in [2.24, 2.45) is 0 Å². The lowest BCUT2D eigenvalue weighted by Gasteiger charge is -2.12. The van der Waals surface area contributed by atoms with Crippen LogP contribution >= 0.6 is 0 Å². The number of carbonyl (C=O) groups is 1. The van der Waals surface area contributed by atoms with E-state index in [2.05, 4.69) is 24.5 Å². The van der Waals surface area contributed by atoms with Crippen molar-refractivity contribution < 1.29 is 14.6 Å². The predicted molar refractivity (Wildman–Crippen MR) is 92.7 cm³/mol. The van der Waals surface area contributed by atoms with E-state index in [0.717, 1.165) is 16.9 Å². The minimum Gasteiger partial charge on any atom is -0.492 e. The number of benzene rings is 2. The molecule has 0 unspecified atom stereocenters. The molecule has 0 radical (unpaired) electrons. The number of para-hydroxylation sites is 2. The van der Waals surface area contributed by atoms with Gasteiger partial charge in [0.2, 0.25) is 0 Å². The zero-order valence-electron chi connectivity index (χ0n) is 13.8. The summed E-state index contributed by atoms with van der Waals surface area (Å²) in [6.45, 7) is 5.44. The smallest absolute Gasteiger partial charge is 0.335 e. The fourth-order valence-electron chi connectivity index (χ4n) is 2.72. The van der Waals surface area contributed by atoms with Crippen molar-refractivity contribution >= 4 is 17.0 Å². The fourth-order valence-corrected chi connectivity index (χ4v) is 2.72. The standard InChI is InChI=1S/C19H20N2O3/c1-13(2)18-20-16-5-3-4-6-17(16)21(18)11-12-24-15-9-7-14(8-10-15)19(22)23/h3-10,13H,11-12H2,1-2H3,(H,22,23). The number of fused-ring (bicyclic) bond motifs is 1. The normalized spacial score (nSPS) is 11.1. The number of rotatable bonds is 6. The maximum absolute atomic E-state index is 10.9. The van der Waals surface area contributed by atoms with Gasteiger partial charge >= 0.3 is 5.97 Å². The van der Waals surface area contributed by atoms with Crippen LogP contribution < -0.4 is 4.74 Å². The van der Waals surface area contributed by atoms with Gasteiger partial charge in [0.25, 0.3) is 0 Å². The molecule has 0 aliphatic rings. The molecule has 3 rings (SSSR count). The van der Waals surface area contributed by atoms with Crippen LogP contribution in [0.15, 0.2) is 48.5 Å². The Kier molecular flexibility index (Phi) is 4.51. The number of aromatic nitrogens is 2. The second-order valence-electron chi connectivity index (χ2n) is 5.94. The predicted octanol–water partition coefficient (Wildman–Crippen LogP) is 3.94. The Morgan fingerprint density at radius 2 is 1.88 bits per heavy atom. The van der Waals surface area contributed by atoms with Crippen LogP contribution in [0.4, 0.5) is 0 Å². The Morgan fingerprint density at radius 3 is 2.54 bits per heavy atom. The second-order valence-corrected chi connectivity index (χ2v) is 5.94. The van der Waals surface area contributed by atoms with Crippen LogP contribution in [0.3, 0.4) is 0 Å². The van der Waals surface area contributed by atoms with E-state index < -0.39 is 5.97 Å². The molecule has 1 aromatic heterocycles. The minimum absolute atomic E-state index is 0.255. The lowest BCUT2D eigenvalue weighted by Crippen LogP contribution is -2.12. The summed E-state index contributed by atoms with van der Waals surface area (Å²) in [4.78, 5) is 15.6. The molecule has 0 spiro atoms. The molecule has 124 valence electrons. The van der Waals surface area contributed by atoms with Crippen LogP contribution in [0, 0.1) is 0 Å². The Bertz CT molecular complexity index is 851. The number of carboxylic acid groups (broad SMARTS) is 1. The van der Waals surface area contributed by atoms with E-state index in [1.807, 2.05) is 18.2 Å². The molecule has 0 amide bonds. The molecule has 0 atom stereocenters. The third-order valence-electron chi connectivity index (χ3n) is 3.89. The van der Waals surface area contributed by atoms with Crippen LogP contribution in [0.5, 0.6) is 5.75 Å². The van der Waals surface area contributed by atoms with Gasteiger partial charge in [0.1, 0.15) is 18.2 Å². The first-order valence-electron chi connectivity index (χ1n) is 7.97. The summed E-state index contributed by atoms with van der Waals surface area (Å²) in [7, 11) is 0. The largest absolute Gasteiger partial charge is 0.492 e. The molecular weight excluding hydrogens is 304 g/mol. The van der Waals surface area contributed by atoms with Gasteiger partial charge in [-0.1, -0.05) is 26.0 Å². The quantitative estimate of drug-likeness (QED) is 0.746. The van der Waals surface area contributed by atoms with Crippen LogP contribution in [0.25, 0.3) is 11.0 Å². The van der Waals surface area contributed by atoms with E-state index in [0.29, 0.717) is 24.8 Å². The molecule has 0 fully saturated rings. The number of imidazole rings is 1. The van der Waals surface area contributed by atoms with E-state index in [4.69, 9.17) is 14.8 Å². The summed E-state index contributed by atoms with van der Waals surface area (Å²) >= 11 is 0. The van der Waals surface area contributed by atoms with Gasteiger partial charge in [-0.2, -0.15) is 0 Å². The Morgan fingerprint density at radius 1 is 1.17 bits per heavy atom. The Labute approximate surface area is 140 Å². The second kappa shape index (κ2) is 6.74. The van der Waals surface area contributed by atoms with Crippen LogP contribution in [-0.4, -0.2) is 27.2 Å². The number of hydrogen-bond donors (Lipinski definition) is 1. The molecular formula is C19H20N2O3. The first-order chi connectivity index (χ1) is 11.6. The molecule has 0 saturated carbocycles. The molecule has 0 saturated heterocycles. The number of ether oxygens (including phenoxy) is 1. The van der Waals surface area contributed by atoms with Gasteiger partial charge in [-0.15, -0.1) is 0 Å². The molecule has 1 heterocycles. The van der Waals surface area contributed by atoms with E-state index in [1.165, 1.54) is 0 Å². The average Bonchev–Trinajstić information content (AvgIpc) is 2.94. The molecule has 0 aliphatic heterocycles. The lowest BCUT2D eigenvalue weighted by atomic mass is 10.2. The van der Waals surface area contributed by atoms with Gasteiger partial charge in [0.15, 0.2) is 0 Å². The topological polar surface area (TPSA) is 64.4 Å². The van der Waals surface area contributed by atoms with E-state index in [-0.39, 0.29) is 5.56 Å². The summed E-state index contributed by atoms with van der Waals surface area (Å²) in [5, 5.41) is 8.91. The summed E-state index contributed by atoms with van der Waals surface area (Å²) in [6, 6.07) is 14.5. The summed E-state index contributed by atoms with van der Waals surface area (Å²) < 4.78 is 7.94. The summed E-state index contributed by atoms with van der Waals surface area (Å²) in [5.74, 6) is 1.09. The van der Waals surface area contributed by atoms with Crippen LogP contribution in [0.1, 0.15) is 35.9 Å². The lowest BCUT2D eigenvalue weighted by molar-refractivity contribution is 0.0697. The highest BCUT2D eigenvalue weighted by Crippen LogP contribution is 2.22. The van der Waals surface area contributed by atoms with Crippen molar-refractivity contribution in [2.45, 2.75) is 26.3 Å². The molecule has 0 aliphatic carbocycles. The SMILES string of the molecule is CC(C)c1nc2ccccc2n1CCOc1ccc(C(=O)O)cc1. The van der Waals surface area contributed by atoms with Crippen molar-refractivity contribution in [1.82, 2.24) is 9.55 Å². The number of nitrogens with zero attached hydrogens (tertiary/aromatic N) is 2. The zero-order chi connectivity index (χ0) is 17.1. The molecule has 5 heteroatoms. The van der Waals surface area contributed by atoms with E-state index in [1.54, 1.807) is 24.3 Å². The maximum atomic E-state index is 10.9. The highest BCUT2D eigenvalue weighted by atomic mass is 16.5. The van der Waals surface area contributed by atoms with Crippen LogP contribution in [0.2, 0.25) is 0 Å². The molecule has 0 bridgehead atoms. The third-order valence-corrected chi connectivity index (χ3v) is 3.89. The first-order valence-corrected chi connectivity index (χ1v) is 7.97. The monoisotopic (exact) mass is 324 g/mol. The summed E-state index contributed by atoms with van der Waals surface area (Å²) in [6.07, 6.45) is 0.